The van der Waals surface area contributed by atoms with Crippen molar-refractivity contribution in [2.75, 3.05) is 0 Å². The summed E-state index contributed by atoms with van der Waals surface area (Å²) in [6, 6.07) is 0. The third-order valence-corrected chi connectivity index (χ3v) is 6.87. The van der Waals surface area contributed by atoms with Crippen LogP contribution in [-0.2, 0) is 0 Å². The van der Waals surface area contributed by atoms with Crippen molar-refractivity contribution in [2.24, 2.45) is 0 Å². The highest BCUT2D eigenvalue weighted by molar-refractivity contribution is 7.99. The molecule has 0 heterocycles. The molecular weight excluding hydrogens is 304 g/mol. The maximum Gasteiger partial charge on any atom is 0.121 e. The van der Waals surface area contributed by atoms with Crippen LogP contribution in [0.4, 0.5) is 0 Å². The van der Waals surface area contributed by atoms with E-state index >= 15 is 0 Å². The summed E-state index contributed by atoms with van der Waals surface area (Å²) in [4.78, 5) is 2.40. The molecule has 2 aromatic rings. The van der Waals surface area contributed by atoms with E-state index in [9.17, 15) is 10.2 Å². The average molecular weight is 330 g/mol. The molecule has 0 fully saturated rings. The molecule has 2 N–H and O–H groups in total. The Morgan fingerprint density at radius 2 is 0.652 bits per heavy atom. The van der Waals surface area contributed by atoms with Gasteiger partial charge in [0.15, 0.2) is 0 Å². The molecule has 2 aromatic carbocycles. The van der Waals surface area contributed by atoms with E-state index in [1.54, 1.807) is 11.8 Å². The maximum absolute atomic E-state index is 10.2. The standard InChI is InChI=1S/C20H26O2S/c1-9-13(5)19(14(6)10(2)17(9)21)23-20-15(7)11(3)18(22)12(4)16(20)8/h21-22H,1-8H3. The zero-order chi connectivity index (χ0) is 17.6. The fourth-order valence-corrected chi connectivity index (χ4v) is 4.35. The highest BCUT2D eigenvalue weighted by Crippen LogP contribution is 2.44. The zero-order valence-electron chi connectivity index (χ0n) is 15.3. The van der Waals surface area contributed by atoms with Gasteiger partial charge in [-0.05, 0) is 99.9 Å². The molecular formula is C20H26O2S. The summed E-state index contributed by atoms with van der Waals surface area (Å²) in [5, 5.41) is 20.5. The average Bonchev–Trinajstić information content (AvgIpc) is 2.54. The summed E-state index contributed by atoms with van der Waals surface area (Å²) in [5.41, 5.74) is 8.26. The van der Waals surface area contributed by atoms with E-state index in [1.807, 2.05) is 27.7 Å². The first kappa shape index (κ1) is 17.7. The molecule has 0 aliphatic rings. The van der Waals surface area contributed by atoms with Crippen molar-refractivity contribution in [3.63, 3.8) is 0 Å². The predicted molar refractivity (Wildman–Crippen MR) is 98.2 cm³/mol. The van der Waals surface area contributed by atoms with Gasteiger partial charge in [0.25, 0.3) is 0 Å². The number of hydrogen-bond acceptors (Lipinski definition) is 3. The van der Waals surface area contributed by atoms with Crippen LogP contribution in [0.5, 0.6) is 11.5 Å². The molecule has 2 nitrogen and oxygen atoms in total. The third kappa shape index (κ3) is 2.72. The van der Waals surface area contributed by atoms with Crippen LogP contribution in [0.2, 0.25) is 0 Å². The molecule has 0 amide bonds. The molecule has 0 unspecified atom stereocenters. The Morgan fingerprint density at radius 3 is 0.870 bits per heavy atom. The highest BCUT2D eigenvalue weighted by Gasteiger charge is 2.19. The second kappa shape index (κ2) is 6.12. The number of rotatable bonds is 2. The van der Waals surface area contributed by atoms with Crippen LogP contribution in [0, 0.1) is 55.4 Å². The van der Waals surface area contributed by atoms with Crippen LogP contribution in [0.1, 0.15) is 44.5 Å². The Bertz CT molecular complexity index is 679. The fraction of sp³-hybridized carbons (Fsp3) is 0.400. The molecule has 0 saturated carbocycles. The summed E-state index contributed by atoms with van der Waals surface area (Å²) < 4.78 is 0. The van der Waals surface area contributed by atoms with Crippen molar-refractivity contribution in [1.29, 1.82) is 0 Å². The summed E-state index contributed by atoms with van der Waals surface area (Å²) in [5.74, 6) is 0.798. The van der Waals surface area contributed by atoms with E-state index in [0.29, 0.717) is 11.5 Å². The van der Waals surface area contributed by atoms with Crippen molar-refractivity contribution < 1.29 is 10.2 Å². The molecule has 0 aliphatic carbocycles. The Hall–Kier alpha value is -1.61. The smallest absolute Gasteiger partial charge is 0.121 e. The largest absolute Gasteiger partial charge is 0.507 e. The van der Waals surface area contributed by atoms with Crippen molar-refractivity contribution >= 4 is 11.8 Å². The Labute approximate surface area is 143 Å². The zero-order valence-corrected chi connectivity index (χ0v) is 16.1. The van der Waals surface area contributed by atoms with Gasteiger partial charge in [-0.2, -0.15) is 0 Å². The first-order valence-electron chi connectivity index (χ1n) is 7.86. The van der Waals surface area contributed by atoms with Gasteiger partial charge in [-0.3, -0.25) is 0 Å². The Balaban J connectivity index is 2.71. The first-order valence-corrected chi connectivity index (χ1v) is 8.67. The van der Waals surface area contributed by atoms with Crippen molar-refractivity contribution in [1.82, 2.24) is 0 Å². The van der Waals surface area contributed by atoms with E-state index in [-0.39, 0.29) is 0 Å². The van der Waals surface area contributed by atoms with Gasteiger partial charge in [-0.25, -0.2) is 0 Å². The van der Waals surface area contributed by atoms with E-state index in [0.717, 1.165) is 44.5 Å². The highest BCUT2D eigenvalue weighted by atomic mass is 32.2. The van der Waals surface area contributed by atoms with Crippen molar-refractivity contribution in [2.45, 2.75) is 65.2 Å². The van der Waals surface area contributed by atoms with E-state index in [2.05, 4.69) is 27.7 Å². The van der Waals surface area contributed by atoms with Crippen LogP contribution in [-0.4, -0.2) is 10.2 Å². The topological polar surface area (TPSA) is 40.5 Å². The van der Waals surface area contributed by atoms with Crippen LogP contribution >= 0.6 is 11.8 Å². The molecule has 0 saturated heterocycles. The predicted octanol–water partition coefficient (Wildman–Crippen LogP) is 5.72. The maximum atomic E-state index is 10.2. The first-order chi connectivity index (χ1) is 10.6. The molecule has 3 heteroatoms. The van der Waals surface area contributed by atoms with Gasteiger partial charge in [0.1, 0.15) is 11.5 Å². The lowest BCUT2D eigenvalue weighted by atomic mass is 9.99. The molecule has 23 heavy (non-hydrogen) atoms. The van der Waals surface area contributed by atoms with Crippen molar-refractivity contribution in [3.05, 3.63) is 44.5 Å². The van der Waals surface area contributed by atoms with Gasteiger partial charge in [-0.15, -0.1) is 0 Å². The molecule has 0 spiro atoms. The number of phenols is 2. The molecule has 2 rings (SSSR count). The molecule has 0 aromatic heterocycles. The monoisotopic (exact) mass is 330 g/mol. The number of aromatic hydroxyl groups is 2. The number of phenolic OH excluding ortho intramolecular Hbond substituents is 2. The SMILES string of the molecule is Cc1c(C)c(Sc2c(C)c(C)c(O)c(C)c2C)c(C)c(C)c1O. The van der Waals surface area contributed by atoms with Gasteiger partial charge >= 0.3 is 0 Å². The van der Waals surface area contributed by atoms with Gasteiger partial charge in [0, 0.05) is 9.79 Å². The van der Waals surface area contributed by atoms with E-state index < -0.39 is 0 Å². The summed E-state index contributed by atoms with van der Waals surface area (Å²) in [6.07, 6.45) is 0. The van der Waals surface area contributed by atoms with Crippen LogP contribution in [0.15, 0.2) is 9.79 Å². The summed E-state index contributed by atoms with van der Waals surface area (Å²) in [6.45, 7) is 16.1. The van der Waals surface area contributed by atoms with Gasteiger partial charge in [0.2, 0.25) is 0 Å². The van der Waals surface area contributed by atoms with E-state index in [4.69, 9.17) is 0 Å². The Morgan fingerprint density at radius 1 is 0.435 bits per heavy atom. The second-order valence-electron chi connectivity index (χ2n) is 6.46. The normalized spacial score (nSPS) is 11.1. The quantitative estimate of drug-likeness (QED) is 0.740. The molecule has 0 atom stereocenters. The molecule has 124 valence electrons. The van der Waals surface area contributed by atoms with Crippen LogP contribution in [0.3, 0.4) is 0 Å². The molecule has 0 radical (unpaired) electrons. The minimum Gasteiger partial charge on any atom is -0.507 e. The van der Waals surface area contributed by atoms with E-state index in [1.165, 1.54) is 9.79 Å². The molecule has 0 aliphatic heterocycles. The minimum absolute atomic E-state index is 0.399. The van der Waals surface area contributed by atoms with Gasteiger partial charge in [-0.1, -0.05) is 11.8 Å². The lowest BCUT2D eigenvalue weighted by Gasteiger charge is -2.21. The number of benzene rings is 2. The lowest BCUT2D eigenvalue weighted by molar-refractivity contribution is 0.464. The third-order valence-electron chi connectivity index (χ3n) is 5.24. The van der Waals surface area contributed by atoms with Crippen molar-refractivity contribution in [3.8, 4) is 11.5 Å². The van der Waals surface area contributed by atoms with Gasteiger partial charge in [0.05, 0.1) is 0 Å². The Kier molecular flexibility index (Phi) is 4.72. The minimum atomic E-state index is 0.399. The molecule has 0 bridgehead atoms. The van der Waals surface area contributed by atoms with Gasteiger partial charge < -0.3 is 10.2 Å². The van der Waals surface area contributed by atoms with Crippen LogP contribution in [0.25, 0.3) is 0 Å². The fourth-order valence-electron chi connectivity index (χ4n) is 2.92. The summed E-state index contributed by atoms with van der Waals surface area (Å²) >= 11 is 1.75. The second-order valence-corrected chi connectivity index (χ2v) is 7.48. The lowest BCUT2D eigenvalue weighted by Crippen LogP contribution is -1.99. The van der Waals surface area contributed by atoms with Crippen LogP contribution < -0.4 is 0 Å². The summed E-state index contributed by atoms with van der Waals surface area (Å²) in [7, 11) is 0. The number of hydrogen-bond donors (Lipinski definition) is 2.